The molecule has 9 heteroatoms. The van der Waals surface area contributed by atoms with Crippen molar-refractivity contribution in [2.75, 3.05) is 5.32 Å². The third kappa shape index (κ3) is 8.18. The van der Waals surface area contributed by atoms with Crippen molar-refractivity contribution in [3.63, 3.8) is 0 Å². The molecule has 0 radical (unpaired) electrons. The van der Waals surface area contributed by atoms with Crippen molar-refractivity contribution >= 4 is 17.6 Å². The van der Waals surface area contributed by atoms with Gasteiger partial charge in [0.2, 0.25) is 0 Å². The number of nitrogens with zero attached hydrogens (tertiary/aromatic N) is 1. The molecular weight excluding hydrogens is 554 g/mol. The molecule has 7 nitrogen and oxygen atoms in total. The molecule has 1 aromatic heterocycles. The Morgan fingerprint density at radius 2 is 1.48 bits per heavy atom. The summed E-state index contributed by atoms with van der Waals surface area (Å²) in [7, 11) is 0. The van der Waals surface area contributed by atoms with Crippen LogP contribution in [0.3, 0.4) is 0 Å². The fourth-order valence-corrected chi connectivity index (χ4v) is 5.19. The third-order valence-corrected chi connectivity index (χ3v) is 6.92. The number of carbonyl (C=O) groups is 2. The van der Waals surface area contributed by atoms with Crippen molar-refractivity contribution in [2.24, 2.45) is 0 Å². The quantitative estimate of drug-likeness (QED) is 0.219. The number of hydrogen-bond acceptors (Lipinski definition) is 5. The standard InChI is InChI=1S/C33H35FN2O5.Na/c1-21(2)31-30(33(41)35-25-11-7-4-8-12-25)29(22-9-5-3-6-10-22)32(23-13-15-24(34)16-14-23)36(31)18-17-26(37)19-27(38)20-28(39)40;/h3-16,21,26-27,37-38H,17-20H2,1-2H3,(H,35,41)(H,39,40);/q;+1/p-1/t26-,27-;/m1./s1/i3+1,5+1,6+1,9+1,10+1,22+1,29+1,32+1;. The predicted octanol–water partition coefficient (Wildman–Crippen LogP) is 1.98. The summed E-state index contributed by atoms with van der Waals surface area (Å²) < 4.78 is 16.0. The second kappa shape index (κ2) is 15.3. The van der Waals surface area contributed by atoms with E-state index in [-0.39, 0.29) is 60.8 Å². The van der Waals surface area contributed by atoms with Crippen LogP contribution in [0.25, 0.3) is 22.4 Å². The minimum Gasteiger partial charge on any atom is -0.550 e. The summed E-state index contributed by atoms with van der Waals surface area (Å²) in [6, 6.07) is 24.7. The summed E-state index contributed by atoms with van der Waals surface area (Å²) in [5.74, 6) is -2.20. The number of amides is 1. The van der Waals surface area contributed by atoms with E-state index in [1.165, 1.54) is 12.1 Å². The maximum atomic E-state index is 14.0. The maximum absolute atomic E-state index is 14.0. The average molecular weight is 589 g/mol. The molecule has 2 atom stereocenters. The first kappa shape index (κ1) is 33.2. The number of carboxylic acids is 1. The van der Waals surface area contributed by atoms with Crippen LogP contribution in [0.5, 0.6) is 0 Å². The Morgan fingerprint density at radius 3 is 2.05 bits per heavy atom. The molecule has 1 heterocycles. The topological polar surface area (TPSA) is 115 Å². The summed E-state index contributed by atoms with van der Waals surface area (Å²) in [5, 5.41) is 34.6. The van der Waals surface area contributed by atoms with Gasteiger partial charge in [0.15, 0.2) is 0 Å². The van der Waals surface area contributed by atoms with Gasteiger partial charge in [-0.05, 0) is 66.3 Å². The predicted molar refractivity (Wildman–Crippen MR) is 155 cm³/mol. The number of carboxylic acid groups (broad SMARTS) is 1. The Morgan fingerprint density at radius 1 is 0.881 bits per heavy atom. The van der Waals surface area contributed by atoms with Crippen molar-refractivity contribution in [2.45, 2.75) is 57.8 Å². The van der Waals surface area contributed by atoms with Crippen molar-refractivity contribution in [3.8, 4) is 22.4 Å². The van der Waals surface area contributed by atoms with Crippen molar-refractivity contribution in [3.05, 3.63) is 102 Å². The zero-order valence-corrected chi connectivity index (χ0v) is 26.1. The summed E-state index contributed by atoms with van der Waals surface area (Å²) in [6.07, 6.45) is -2.77. The summed E-state index contributed by atoms with van der Waals surface area (Å²) in [5.41, 5.74) is 4.72. The van der Waals surface area contributed by atoms with Crippen LogP contribution in [0.1, 0.15) is 55.1 Å². The maximum Gasteiger partial charge on any atom is 1.00 e. The number of carbonyl (C=O) groups excluding carboxylic acids is 2. The molecule has 214 valence electrons. The zero-order chi connectivity index (χ0) is 29.5. The van der Waals surface area contributed by atoms with Gasteiger partial charge in [0, 0.05) is 35.9 Å². The van der Waals surface area contributed by atoms with Crippen LogP contribution in [-0.4, -0.2) is 38.9 Å². The van der Waals surface area contributed by atoms with Gasteiger partial charge >= 0.3 is 29.6 Å². The molecule has 0 bridgehead atoms. The summed E-state index contributed by atoms with van der Waals surface area (Å²) in [4.78, 5) is 24.9. The van der Waals surface area contributed by atoms with Crippen LogP contribution in [-0.2, 0) is 11.3 Å². The molecule has 42 heavy (non-hydrogen) atoms. The first-order chi connectivity index (χ1) is 19.7. The van der Waals surface area contributed by atoms with E-state index in [1.807, 2.05) is 66.9 Å². The molecular formula is C33H34FN2NaO5. The van der Waals surface area contributed by atoms with E-state index in [1.54, 1.807) is 24.3 Å². The molecule has 0 saturated carbocycles. The largest absolute Gasteiger partial charge is 1.00 e. The molecule has 0 saturated heterocycles. The minimum atomic E-state index is -1.39. The Balaban J connectivity index is 0.00000484. The first-order valence-corrected chi connectivity index (χ1v) is 13.7. The van der Waals surface area contributed by atoms with E-state index in [0.29, 0.717) is 28.1 Å². The number of aromatic nitrogens is 1. The number of para-hydroxylation sites is 1. The van der Waals surface area contributed by atoms with Crippen molar-refractivity contribution in [1.29, 1.82) is 0 Å². The number of anilines is 1. The van der Waals surface area contributed by atoms with Crippen LogP contribution in [0, 0.1) is 5.82 Å². The average Bonchev–Trinajstić information content (AvgIpc) is 3.28. The van der Waals surface area contributed by atoms with Crippen LogP contribution in [0.4, 0.5) is 10.1 Å². The molecule has 0 fully saturated rings. The number of rotatable bonds is 12. The zero-order valence-electron chi connectivity index (χ0n) is 24.1. The Bertz CT molecular complexity index is 1470. The summed E-state index contributed by atoms with van der Waals surface area (Å²) >= 11 is 0. The number of halogens is 1. The van der Waals surface area contributed by atoms with Gasteiger partial charge in [-0.3, -0.25) is 4.79 Å². The Hall–Kier alpha value is -3.27. The molecule has 3 aromatic carbocycles. The number of aliphatic hydroxyl groups excluding tert-OH is 2. The van der Waals surface area contributed by atoms with E-state index in [0.717, 1.165) is 11.3 Å². The van der Waals surface area contributed by atoms with Gasteiger partial charge in [-0.2, -0.15) is 0 Å². The number of aliphatic hydroxyl groups is 2. The number of benzene rings is 3. The van der Waals surface area contributed by atoms with Gasteiger partial charge in [-0.1, -0.05) is 62.4 Å². The van der Waals surface area contributed by atoms with E-state index in [9.17, 15) is 29.3 Å². The van der Waals surface area contributed by atoms with E-state index in [2.05, 4.69) is 5.32 Å². The normalized spacial score (nSPS) is 12.4. The van der Waals surface area contributed by atoms with Crippen LogP contribution in [0.15, 0.2) is 84.9 Å². The van der Waals surface area contributed by atoms with Gasteiger partial charge < -0.3 is 30.0 Å². The van der Waals surface area contributed by atoms with E-state index < -0.39 is 30.4 Å². The molecule has 0 aliphatic rings. The van der Waals surface area contributed by atoms with Gasteiger partial charge in [-0.25, -0.2) is 4.39 Å². The molecule has 1 amide bonds. The molecule has 0 aliphatic carbocycles. The van der Waals surface area contributed by atoms with Crippen molar-refractivity contribution < 1.29 is 58.9 Å². The van der Waals surface area contributed by atoms with Gasteiger partial charge in [0.1, 0.15) is 5.82 Å². The van der Waals surface area contributed by atoms with Gasteiger partial charge in [0.05, 0.1) is 23.5 Å². The third-order valence-electron chi connectivity index (χ3n) is 6.92. The fraction of sp³-hybridized carbons (Fsp3) is 0.273. The van der Waals surface area contributed by atoms with Crippen molar-refractivity contribution in [1.82, 2.24) is 4.57 Å². The monoisotopic (exact) mass is 588 g/mol. The van der Waals surface area contributed by atoms with Gasteiger partial charge in [-0.15, -0.1) is 0 Å². The molecule has 0 aliphatic heterocycles. The first-order valence-electron chi connectivity index (χ1n) is 13.7. The number of hydrogen-bond donors (Lipinski definition) is 3. The molecule has 4 aromatic rings. The van der Waals surface area contributed by atoms with Crippen LogP contribution < -0.4 is 40.0 Å². The van der Waals surface area contributed by atoms with Crippen LogP contribution >= 0.6 is 0 Å². The Kier molecular flexibility index (Phi) is 12.1. The number of nitrogens with one attached hydrogen (secondary N) is 1. The minimum absolute atomic E-state index is 0. The smallest absolute Gasteiger partial charge is 0.550 e. The SMILES string of the molecule is CC(C)c1c(C(=O)Nc2ccccc2)[13c](-[13c]2[13cH][13cH][13cH][13cH][13cH]2)[13c](-c2ccc(F)cc2)n1CC[C@@H](O)C[C@@H](O)CC(=O)[O-].[Na+]. The van der Waals surface area contributed by atoms with E-state index in [4.69, 9.17) is 0 Å². The Labute approximate surface area is 267 Å². The molecule has 4 rings (SSSR count). The molecule has 0 unspecified atom stereocenters. The van der Waals surface area contributed by atoms with Gasteiger partial charge in [0.25, 0.3) is 5.91 Å². The molecule has 0 spiro atoms. The fourth-order valence-electron chi connectivity index (χ4n) is 5.19. The second-order valence-corrected chi connectivity index (χ2v) is 10.4. The summed E-state index contributed by atoms with van der Waals surface area (Å²) in [6.45, 7) is 4.22. The molecule has 3 N–H and O–H groups in total. The van der Waals surface area contributed by atoms with Crippen LogP contribution in [0.2, 0.25) is 0 Å². The second-order valence-electron chi connectivity index (χ2n) is 10.4. The van der Waals surface area contributed by atoms with E-state index >= 15 is 0 Å². The number of aliphatic carboxylic acids is 1.